The molecule has 0 saturated carbocycles. The van der Waals surface area contributed by atoms with Gasteiger partial charge in [0.15, 0.2) is 17.3 Å². The van der Waals surface area contributed by atoms with Crippen molar-refractivity contribution in [2.75, 3.05) is 7.11 Å². The van der Waals surface area contributed by atoms with Crippen LogP contribution in [-0.4, -0.2) is 34.2 Å². The van der Waals surface area contributed by atoms with Crippen LogP contribution in [0.4, 0.5) is 0 Å². The molecule has 3 rings (SSSR count). The number of hydrogen-bond donors (Lipinski definition) is 1. The molecular weight excluding hydrogens is 400 g/mol. The molecule has 0 fully saturated rings. The Kier molecular flexibility index (Phi) is 6.23. The monoisotopic (exact) mass is 416 g/mol. The average molecular weight is 417 g/mol. The first-order valence-electron chi connectivity index (χ1n) is 8.38. The van der Waals surface area contributed by atoms with Crippen molar-refractivity contribution in [2.24, 2.45) is 5.10 Å². The second kappa shape index (κ2) is 8.81. The largest absolute Gasteiger partial charge is 0.493 e. The van der Waals surface area contributed by atoms with Crippen molar-refractivity contribution in [2.45, 2.75) is 13.3 Å². The lowest BCUT2D eigenvalue weighted by Gasteiger charge is -2.10. The SMILES string of the molecule is CCc1n[nH]c(=S)n1/N=C\c1ccc(OC(=O)c2ccc(Cl)cc2)c(OC)c1. The smallest absolute Gasteiger partial charge is 0.343 e. The van der Waals surface area contributed by atoms with E-state index < -0.39 is 5.97 Å². The van der Waals surface area contributed by atoms with Gasteiger partial charge in [0.25, 0.3) is 0 Å². The zero-order valence-electron chi connectivity index (χ0n) is 15.2. The van der Waals surface area contributed by atoms with Crippen LogP contribution in [0, 0.1) is 4.77 Å². The van der Waals surface area contributed by atoms with Crippen LogP contribution in [0.5, 0.6) is 11.5 Å². The number of hydrogen-bond acceptors (Lipinski definition) is 6. The van der Waals surface area contributed by atoms with E-state index in [4.69, 9.17) is 33.3 Å². The van der Waals surface area contributed by atoms with Crippen LogP contribution in [0.25, 0.3) is 0 Å². The summed E-state index contributed by atoms with van der Waals surface area (Å²) in [6.07, 6.45) is 2.31. The second-order valence-corrected chi connectivity index (χ2v) is 6.48. The van der Waals surface area contributed by atoms with Crippen LogP contribution < -0.4 is 9.47 Å². The fourth-order valence-corrected chi connectivity index (χ4v) is 2.71. The first-order valence-corrected chi connectivity index (χ1v) is 9.17. The maximum atomic E-state index is 12.3. The van der Waals surface area contributed by atoms with E-state index in [-0.39, 0.29) is 0 Å². The van der Waals surface area contributed by atoms with Crippen LogP contribution >= 0.6 is 23.8 Å². The molecule has 0 radical (unpaired) electrons. The molecule has 0 aliphatic carbocycles. The minimum absolute atomic E-state index is 0.300. The predicted molar refractivity (Wildman–Crippen MR) is 109 cm³/mol. The predicted octanol–water partition coefficient (Wildman–Crippen LogP) is 4.27. The van der Waals surface area contributed by atoms with Gasteiger partial charge in [-0.3, -0.25) is 5.10 Å². The normalized spacial score (nSPS) is 11.0. The van der Waals surface area contributed by atoms with Gasteiger partial charge in [-0.25, -0.2) is 4.79 Å². The molecule has 1 aromatic heterocycles. The summed E-state index contributed by atoms with van der Waals surface area (Å²) in [6, 6.07) is 11.6. The molecule has 0 bridgehead atoms. The number of aryl methyl sites for hydroxylation is 1. The molecule has 2 aromatic carbocycles. The van der Waals surface area contributed by atoms with Gasteiger partial charge in [0.05, 0.1) is 18.9 Å². The lowest BCUT2D eigenvalue weighted by molar-refractivity contribution is 0.0729. The molecule has 0 aliphatic rings. The van der Waals surface area contributed by atoms with E-state index in [0.29, 0.717) is 33.3 Å². The Labute approximate surface area is 171 Å². The molecule has 7 nitrogen and oxygen atoms in total. The fourth-order valence-electron chi connectivity index (χ4n) is 2.39. The summed E-state index contributed by atoms with van der Waals surface area (Å²) in [5, 5.41) is 11.7. The number of aromatic nitrogens is 3. The molecular formula is C19H17ClN4O3S. The average Bonchev–Trinajstić information content (AvgIpc) is 3.07. The Morgan fingerprint density at radius 3 is 2.71 bits per heavy atom. The number of carbonyl (C=O) groups excluding carboxylic acids is 1. The quantitative estimate of drug-likeness (QED) is 0.281. The molecule has 3 aromatic rings. The number of halogens is 1. The van der Waals surface area contributed by atoms with Crippen LogP contribution in [-0.2, 0) is 6.42 Å². The molecule has 0 unspecified atom stereocenters. The van der Waals surface area contributed by atoms with Crippen molar-refractivity contribution in [3.63, 3.8) is 0 Å². The van der Waals surface area contributed by atoms with Gasteiger partial charge in [-0.2, -0.15) is 14.9 Å². The minimum atomic E-state index is -0.506. The minimum Gasteiger partial charge on any atom is -0.493 e. The third kappa shape index (κ3) is 4.47. The van der Waals surface area contributed by atoms with E-state index in [9.17, 15) is 4.79 Å². The molecule has 28 heavy (non-hydrogen) atoms. The number of ether oxygens (including phenoxy) is 2. The fraction of sp³-hybridized carbons (Fsp3) is 0.158. The number of nitrogens with one attached hydrogen (secondary N) is 1. The van der Waals surface area contributed by atoms with Crippen molar-refractivity contribution < 1.29 is 14.3 Å². The Bertz CT molecular complexity index is 1070. The third-order valence-electron chi connectivity index (χ3n) is 3.83. The highest BCUT2D eigenvalue weighted by atomic mass is 35.5. The maximum Gasteiger partial charge on any atom is 0.343 e. The lowest BCUT2D eigenvalue weighted by Crippen LogP contribution is -2.09. The summed E-state index contributed by atoms with van der Waals surface area (Å²) in [4.78, 5) is 12.3. The Hall–Kier alpha value is -2.97. The van der Waals surface area contributed by atoms with E-state index in [1.54, 1.807) is 53.4 Å². The van der Waals surface area contributed by atoms with E-state index in [1.165, 1.54) is 7.11 Å². The summed E-state index contributed by atoms with van der Waals surface area (Å²) in [5.41, 5.74) is 1.13. The number of H-pyrrole nitrogens is 1. The number of methoxy groups -OCH3 is 1. The summed E-state index contributed by atoms with van der Waals surface area (Å²) in [5.74, 6) is 0.918. The molecule has 1 N–H and O–H groups in total. The number of carbonyl (C=O) groups is 1. The molecule has 0 amide bonds. The van der Waals surface area contributed by atoms with Crippen molar-refractivity contribution in [3.05, 3.63) is 69.2 Å². The van der Waals surface area contributed by atoms with E-state index in [1.807, 2.05) is 6.92 Å². The van der Waals surface area contributed by atoms with Gasteiger partial charge in [0.1, 0.15) is 0 Å². The van der Waals surface area contributed by atoms with Crippen LogP contribution in [0.15, 0.2) is 47.6 Å². The molecule has 9 heteroatoms. The third-order valence-corrected chi connectivity index (χ3v) is 4.34. The molecule has 0 atom stereocenters. The first-order chi connectivity index (χ1) is 13.5. The lowest BCUT2D eigenvalue weighted by atomic mass is 10.2. The van der Waals surface area contributed by atoms with Crippen molar-refractivity contribution >= 4 is 36.0 Å². The number of aromatic amines is 1. The summed E-state index contributed by atoms with van der Waals surface area (Å²) in [6.45, 7) is 1.96. The van der Waals surface area contributed by atoms with Gasteiger partial charge < -0.3 is 9.47 Å². The highest BCUT2D eigenvalue weighted by Crippen LogP contribution is 2.28. The molecule has 144 valence electrons. The maximum absolute atomic E-state index is 12.3. The van der Waals surface area contributed by atoms with Gasteiger partial charge in [-0.1, -0.05) is 18.5 Å². The Balaban J connectivity index is 1.81. The first kappa shape index (κ1) is 19.8. The molecule has 0 saturated heterocycles. The Morgan fingerprint density at radius 2 is 2.04 bits per heavy atom. The summed E-state index contributed by atoms with van der Waals surface area (Å²) >= 11 is 11.0. The number of rotatable bonds is 6. The van der Waals surface area contributed by atoms with E-state index >= 15 is 0 Å². The highest BCUT2D eigenvalue weighted by Gasteiger charge is 2.13. The van der Waals surface area contributed by atoms with Crippen LogP contribution in [0.1, 0.15) is 28.7 Å². The van der Waals surface area contributed by atoms with Crippen molar-refractivity contribution in [1.82, 2.24) is 14.9 Å². The zero-order chi connectivity index (χ0) is 20.1. The molecule has 1 heterocycles. The Morgan fingerprint density at radius 1 is 1.29 bits per heavy atom. The second-order valence-electron chi connectivity index (χ2n) is 5.66. The van der Waals surface area contributed by atoms with Crippen molar-refractivity contribution in [1.29, 1.82) is 0 Å². The number of nitrogens with zero attached hydrogens (tertiary/aromatic N) is 3. The topological polar surface area (TPSA) is 81.5 Å². The van der Waals surface area contributed by atoms with Gasteiger partial charge in [-0.05, 0) is 60.2 Å². The van der Waals surface area contributed by atoms with E-state index in [0.717, 1.165) is 11.4 Å². The van der Waals surface area contributed by atoms with Gasteiger partial charge in [0.2, 0.25) is 4.77 Å². The molecule has 0 aliphatic heterocycles. The van der Waals surface area contributed by atoms with Gasteiger partial charge >= 0.3 is 5.97 Å². The standard InChI is InChI=1S/C19H17ClN4O3S/c1-3-17-22-23-19(28)24(17)21-11-12-4-9-15(16(10-12)26-2)27-18(25)13-5-7-14(20)8-6-13/h4-11H,3H2,1-2H3,(H,23,28)/b21-11-. The number of esters is 1. The van der Waals surface area contributed by atoms with Crippen molar-refractivity contribution in [3.8, 4) is 11.5 Å². The summed E-state index contributed by atoms with van der Waals surface area (Å²) < 4.78 is 12.7. The highest BCUT2D eigenvalue weighted by molar-refractivity contribution is 7.71. The van der Waals surface area contributed by atoms with E-state index in [2.05, 4.69) is 15.3 Å². The molecule has 0 spiro atoms. The van der Waals surface area contributed by atoms with Crippen LogP contribution in [0.3, 0.4) is 0 Å². The number of benzene rings is 2. The van der Waals surface area contributed by atoms with Gasteiger partial charge in [0, 0.05) is 11.4 Å². The van der Waals surface area contributed by atoms with Crippen LogP contribution in [0.2, 0.25) is 5.02 Å². The zero-order valence-corrected chi connectivity index (χ0v) is 16.8. The summed E-state index contributed by atoms with van der Waals surface area (Å²) in [7, 11) is 1.50. The van der Waals surface area contributed by atoms with Gasteiger partial charge in [-0.15, -0.1) is 0 Å².